The molecule has 20 heavy (non-hydrogen) atoms. The molecule has 1 unspecified atom stereocenters. The van der Waals surface area contributed by atoms with Gasteiger partial charge in [-0.05, 0) is 29.7 Å². The van der Waals surface area contributed by atoms with Crippen molar-refractivity contribution in [1.82, 2.24) is 0 Å². The van der Waals surface area contributed by atoms with Crippen molar-refractivity contribution in [1.29, 1.82) is 0 Å². The van der Waals surface area contributed by atoms with Gasteiger partial charge in [-0.25, -0.2) is 0 Å². The summed E-state index contributed by atoms with van der Waals surface area (Å²) in [7, 11) is 1.65. The van der Waals surface area contributed by atoms with Crippen molar-refractivity contribution in [2.75, 3.05) is 7.11 Å². The van der Waals surface area contributed by atoms with Gasteiger partial charge in [-0.3, -0.25) is 4.79 Å². The van der Waals surface area contributed by atoms with Crippen molar-refractivity contribution in [2.45, 2.75) is 25.7 Å². The number of carbonyl (C=O) groups is 1. The maximum absolute atomic E-state index is 12.2. The first-order valence-electron chi connectivity index (χ1n) is 6.91. The van der Waals surface area contributed by atoms with E-state index in [9.17, 15) is 4.79 Å². The van der Waals surface area contributed by atoms with Crippen LogP contribution in [0.15, 0.2) is 54.6 Å². The van der Waals surface area contributed by atoms with Gasteiger partial charge in [0.25, 0.3) is 0 Å². The number of rotatable bonds is 6. The minimum Gasteiger partial charge on any atom is -0.497 e. The van der Waals surface area contributed by atoms with Crippen LogP contribution in [0.25, 0.3) is 0 Å². The Balaban J connectivity index is 1.91. The zero-order valence-corrected chi connectivity index (χ0v) is 12.0. The lowest BCUT2D eigenvalue weighted by Gasteiger charge is -2.10. The average molecular weight is 268 g/mol. The van der Waals surface area contributed by atoms with E-state index in [1.165, 1.54) is 5.56 Å². The number of hydrogen-bond donors (Lipinski definition) is 0. The molecule has 0 aliphatic rings. The summed E-state index contributed by atoms with van der Waals surface area (Å²) in [4.78, 5) is 12.2. The Kier molecular flexibility index (Phi) is 4.94. The van der Waals surface area contributed by atoms with E-state index in [4.69, 9.17) is 4.74 Å². The first-order chi connectivity index (χ1) is 9.70. The van der Waals surface area contributed by atoms with E-state index in [2.05, 4.69) is 0 Å². The van der Waals surface area contributed by atoms with Crippen LogP contribution in [0.2, 0.25) is 0 Å². The summed E-state index contributed by atoms with van der Waals surface area (Å²) in [5, 5.41) is 0. The van der Waals surface area contributed by atoms with E-state index in [-0.39, 0.29) is 11.7 Å². The van der Waals surface area contributed by atoms with Crippen molar-refractivity contribution in [3.8, 4) is 5.75 Å². The topological polar surface area (TPSA) is 26.3 Å². The third kappa shape index (κ3) is 3.70. The monoisotopic (exact) mass is 268 g/mol. The molecule has 1 atom stereocenters. The Morgan fingerprint density at radius 1 is 1.05 bits per heavy atom. The molecule has 104 valence electrons. The number of hydrogen-bond acceptors (Lipinski definition) is 2. The van der Waals surface area contributed by atoms with Crippen LogP contribution in [0.4, 0.5) is 0 Å². The highest BCUT2D eigenvalue weighted by molar-refractivity contribution is 5.85. The quantitative estimate of drug-likeness (QED) is 0.791. The number of Topliss-reactive ketones (excluding diaryl/α,β-unsaturated/α-hetero) is 1. The molecule has 0 saturated heterocycles. The van der Waals surface area contributed by atoms with E-state index in [1.807, 2.05) is 61.5 Å². The van der Waals surface area contributed by atoms with Crippen LogP contribution < -0.4 is 4.74 Å². The Morgan fingerprint density at radius 2 is 1.70 bits per heavy atom. The summed E-state index contributed by atoms with van der Waals surface area (Å²) in [6.45, 7) is 1.98. The van der Waals surface area contributed by atoms with Crippen LogP contribution >= 0.6 is 0 Å². The van der Waals surface area contributed by atoms with Gasteiger partial charge >= 0.3 is 0 Å². The molecule has 2 nitrogen and oxygen atoms in total. The summed E-state index contributed by atoms with van der Waals surface area (Å²) in [5.41, 5.74) is 2.26. The molecule has 0 amide bonds. The number of ether oxygens (including phenoxy) is 1. The summed E-state index contributed by atoms with van der Waals surface area (Å²) in [5.74, 6) is 1.10. The molecule has 0 bridgehead atoms. The van der Waals surface area contributed by atoms with E-state index in [0.717, 1.165) is 17.7 Å². The Morgan fingerprint density at radius 3 is 2.30 bits per heavy atom. The van der Waals surface area contributed by atoms with E-state index in [1.54, 1.807) is 7.11 Å². The van der Waals surface area contributed by atoms with Gasteiger partial charge < -0.3 is 4.74 Å². The van der Waals surface area contributed by atoms with Crippen molar-refractivity contribution in [3.05, 3.63) is 65.7 Å². The molecular formula is C18H20O2. The van der Waals surface area contributed by atoms with Gasteiger partial charge in [-0.15, -0.1) is 0 Å². The molecule has 0 heterocycles. The molecule has 2 aromatic rings. The lowest BCUT2D eigenvalue weighted by Crippen LogP contribution is -2.10. The molecule has 2 aromatic carbocycles. The zero-order chi connectivity index (χ0) is 14.4. The molecule has 2 rings (SSSR count). The summed E-state index contributed by atoms with van der Waals surface area (Å²) < 4.78 is 5.12. The van der Waals surface area contributed by atoms with Gasteiger partial charge in [0.2, 0.25) is 0 Å². The number of carbonyl (C=O) groups excluding carboxylic acids is 1. The average Bonchev–Trinajstić information content (AvgIpc) is 2.53. The highest BCUT2D eigenvalue weighted by Crippen LogP contribution is 2.19. The fraction of sp³-hybridized carbons (Fsp3) is 0.278. The maximum atomic E-state index is 12.2. The second-order valence-corrected chi connectivity index (χ2v) is 4.95. The van der Waals surface area contributed by atoms with Crippen LogP contribution in [0, 0.1) is 0 Å². The Labute approximate surface area is 120 Å². The fourth-order valence-electron chi connectivity index (χ4n) is 2.20. The Hall–Kier alpha value is -2.09. The lowest BCUT2D eigenvalue weighted by atomic mass is 9.93. The van der Waals surface area contributed by atoms with Crippen molar-refractivity contribution in [2.24, 2.45) is 0 Å². The summed E-state index contributed by atoms with van der Waals surface area (Å²) in [6.07, 6.45) is 1.35. The van der Waals surface area contributed by atoms with Gasteiger partial charge in [0.1, 0.15) is 11.5 Å². The van der Waals surface area contributed by atoms with E-state index >= 15 is 0 Å². The lowest BCUT2D eigenvalue weighted by molar-refractivity contribution is -0.120. The fourth-order valence-corrected chi connectivity index (χ4v) is 2.20. The van der Waals surface area contributed by atoms with E-state index in [0.29, 0.717) is 6.42 Å². The van der Waals surface area contributed by atoms with Crippen LogP contribution in [0.3, 0.4) is 0 Å². The molecule has 0 aliphatic carbocycles. The molecule has 0 radical (unpaired) electrons. The minimum absolute atomic E-state index is 0.0329. The first kappa shape index (κ1) is 14.3. The molecule has 0 N–H and O–H groups in total. The van der Waals surface area contributed by atoms with Gasteiger partial charge in [-0.1, -0.05) is 49.4 Å². The van der Waals surface area contributed by atoms with E-state index < -0.39 is 0 Å². The predicted molar refractivity (Wildman–Crippen MR) is 81.2 cm³/mol. The smallest absolute Gasteiger partial charge is 0.140 e. The molecule has 0 saturated carbocycles. The van der Waals surface area contributed by atoms with Crippen LogP contribution in [-0.4, -0.2) is 12.9 Å². The van der Waals surface area contributed by atoms with Crippen molar-refractivity contribution >= 4 is 5.78 Å². The minimum atomic E-state index is -0.0329. The number of ketones is 1. The summed E-state index contributed by atoms with van der Waals surface area (Å²) >= 11 is 0. The van der Waals surface area contributed by atoms with Crippen LogP contribution in [0.1, 0.15) is 30.4 Å². The van der Waals surface area contributed by atoms with Crippen LogP contribution in [-0.2, 0) is 11.2 Å². The predicted octanol–water partition coefficient (Wildman–Crippen LogP) is 4.00. The molecule has 0 aromatic heterocycles. The molecule has 2 heteroatoms. The standard InChI is InChI=1S/C18H20O2/c1-14(16-6-4-3-5-7-16)18(19)13-10-15-8-11-17(20-2)12-9-15/h3-9,11-12,14H,10,13H2,1-2H3. The molecule has 0 fully saturated rings. The van der Waals surface area contributed by atoms with Gasteiger partial charge in [0.05, 0.1) is 7.11 Å². The largest absolute Gasteiger partial charge is 0.497 e. The zero-order valence-electron chi connectivity index (χ0n) is 12.0. The normalized spacial score (nSPS) is 11.9. The number of methoxy groups -OCH3 is 1. The van der Waals surface area contributed by atoms with Crippen LogP contribution in [0.5, 0.6) is 5.75 Å². The molecule has 0 spiro atoms. The maximum Gasteiger partial charge on any atom is 0.140 e. The third-order valence-electron chi connectivity index (χ3n) is 3.60. The molecule has 0 aliphatic heterocycles. The van der Waals surface area contributed by atoms with Gasteiger partial charge in [0.15, 0.2) is 0 Å². The van der Waals surface area contributed by atoms with Gasteiger partial charge in [0, 0.05) is 12.3 Å². The van der Waals surface area contributed by atoms with Crippen molar-refractivity contribution in [3.63, 3.8) is 0 Å². The Bertz CT molecular complexity index is 543. The highest BCUT2D eigenvalue weighted by Gasteiger charge is 2.14. The highest BCUT2D eigenvalue weighted by atomic mass is 16.5. The second-order valence-electron chi connectivity index (χ2n) is 4.95. The number of benzene rings is 2. The number of aryl methyl sites for hydroxylation is 1. The second kappa shape index (κ2) is 6.90. The first-order valence-corrected chi connectivity index (χ1v) is 6.91. The van der Waals surface area contributed by atoms with Crippen molar-refractivity contribution < 1.29 is 9.53 Å². The third-order valence-corrected chi connectivity index (χ3v) is 3.60. The van der Waals surface area contributed by atoms with Gasteiger partial charge in [-0.2, -0.15) is 0 Å². The summed E-state index contributed by atoms with van der Waals surface area (Å²) in [6, 6.07) is 17.8. The molecular weight excluding hydrogens is 248 g/mol. The SMILES string of the molecule is COc1ccc(CCC(=O)C(C)c2ccccc2)cc1.